The summed E-state index contributed by atoms with van der Waals surface area (Å²) in [5, 5.41) is 3.75. The first kappa shape index (κ1) is 24.1. The van der Waals surface area contributed by atoms with Gasteiger partial charge in [-0.1, -0.05) is 24.3 Å². The lowest BCUT2D eigenvalue weighted by atomic mass is 9.97. The Morgan fingerprint density at radius 1 is 1.09 bits per heavy atom. The zero-order valence-electron chi connectivity index (χ0n) is 18.8. The quantitative estimate of drug-likeness (QED) is 0.563. The highest BCUT2D eigenvalue weighted by molar-refractivity contribution is 7.89. The molecule has 2 N–H and O–H groups in total. The highest BCUT2D eigenvalue weighted by Gasteiger charge is 2.27. The van der Waals surface area contributed by atoms with Gasteiger partial charge in [0, 0.05) is 12.1 Å². The van der Waals surface area contributed by atoms with Gasteiger partial charge in [0.05, 0.1) is 12.9 Å². The molecule has 3 atom stereocenters. The number of ether oxygens (including phenoxy) is 2. The summed E-state index contributed by atoms with van der Waals surface area (Å²) in [6.07, 6.45) is 4.22. The maximum Gasteiger partial charge on any atom is 0.271 e. The van der Waals surface area contributed by atoms with Crippen molar-refractivity contribution in [1.82, 2.24) is 10.0 Å². The van der Waals surface area contributed by atoms with Gasteiger partial charge in [-0.2, -0.15) is 0 Å². The Hall–Kier alpha value is -2.58. The van der Waals surface area contributed by atoms with Gasteiger partial charge in [-0.15, -0.1) is 0 Å². The molecule has 0 aromatic heterocycles. The maximum absolute atomic E-state index is 11.6. The first-order valence-electron chi connectivity index (χ1n) is 11.0. The van der Waals surface area contributed by atoms with Gasteiger partial charge in [0.15, 0.2) is 6.61 Å². The molecule has 3 rings (SSSR count). The van der Waals surface area contributed by atoms with Crippen LogP contribution < -0.4 is 19.5 Å². The van der Waals surface area contributed by atoms with E-state index in [9.17, 15) is 13.2 Å². The average Bonchev–Trinajstić information content (AvgIpc) is 3.20. The van der Waals surface area contributed by atoms with Gasteiger partial charge in [0.25, 0.3) is 5.91 Å². The molecule has 1 unspecified atom stereocenters. The zero-order chi connectivity index (χ0) is 23.1. The molecule has 1 aliphatic rings. The first-order chi connectivity index (χ1) is 15.2. The number of hydrogen-bond donors (Lipinski definition) is 2. The Labute approximate surface area is 190 Å². The van der Waals surface area contributed by atoms with Crippen LogP contribution in [-0.2, 0) is 14.8 Å². The van der Waals surface area contributed by atoms with Crippen LogP contribution in [0.5, 0.6) is 11.5 Å². The molecule has 0 bridgehead atoms. The Kier molecular flexibility index (Phi) is 8.15. The van der Waals surface area contributed by atoms with Crippen LogP contribution in [0, 0.1) is 0 Å². The fraction of sp³-hybridized carbons (Fsp3) is 0.458. The van der Waals surface area contributed by atoms with E-state index in [4.69, 9.17) is 9.47 Å². The van der Waals surface area contributed by atoms with Gasteiger partial charge in [-0.25, -0.2) is 8.42 Å². The lowest BCUT2D eigenvalue weighted by Crippen LogP contribution is -2.33. The van der Waals surface area contributed by atoms with E-state index >= 15 is 0 Å². The molecule has 174 valence electrons. The van der Waals surface area contributed by atoms with E-state index in [0.29, 0.717) is 24.3 Å². The van der Waals surface area contributed by atoms with Crippen LogP contribution in [0.1, 0.15) is 56.2 Å². The summed E-state index contributed by atoms with van der Waals surface area (Å²) in [6, 6.07) is 16.6. The highest BCUT2D eigenvalue weighted by Crippen LogP contribution is 2.36. The lowest BCUT2D eigenvalue weighted by Gasteiger charge is -2.21. The summed E-state index contributed by atoms with van der Waals surface area (Å²) >= 11 is 0. The number of benzene rings is 2. The molecule has 2 aromatic rings. The predicted octanol–water partition coefficient (Wildman–Crippen LogP) is 3.53. The topological polar surface area (TPSA) is 93.7 Å². The second-order valence-corrected chi connectivity index (χ2v) is 10.0. The van der Waals surface area contributed by atoms with E-state index < -0.39 is 15.9 Å². The molecule has 0 aliphatic heterocycles. The lowest BCUT2D eigenvalue weighted by molar-refractivity contribution is -0.121. The number of rotatable bonds is 10. The first-order valence-corrected chi connectivity index (χ1v) is 12.8. The van der Waals surface area contributed by atoms with Crippen LogP contribution in [0.3, 0.4) is 0 Å². The van der Waals surface area contributed by atoms with Crippen LogP contribution in [-0.4, -0.2) is 39.8 Å². The summed E-state index contributed by atoms with van der Waals surface area (Å²) in [5.74, 6) is 1.21. The van der Waals surface area contributed by atoms with Crippen molar-refractivity contribution in [2.24, 2.45) is 0 Å². The average molecular weight is 461 g/mol. The van der Waals surface area contributed by atoms with E-state index in [-0.39, 0.29) is 12.6 Å². The molecular weight excluding hydrogens is 428 g/mol. The van der Waals surface area contributed by atoms with Crippen LogP contribution in [0.2, 0.25) is 0 Å². The number of amides is 1. The van der Waals surface area contributed by atoms with Gasteiger partial charge in [0.2, 0.25) is 10.0 Å². The van der Waals surface area contributed by atoms with Crippen LogP contribution >= 0.6 is 0 Å². The fourth-order valence-electron chi connectivity index (χ4n) is 4.15. The number of sulfonamides is 1. The van der Waals surface area contributed by atoms with Crippen LogP contribution in [0.4, 0.5) is 0 Å². The van der Waals surface area contributed by atoms with Crippen molar-refractivity contribution in [1.29, 1.82) is 0 Å². The molecule has 1 amide bonds. The van der Waals surface area contributed by atoms with Gasteiger partial charge in [-0.3, -0.25) is 9.52 Å². The second kappa shape index (κ2) is 10.8. The van der Waals surface area contributed by atoms with Crippen molar-refractivity contribution in [3.63, 3.8) is 0 Å². The molecule has 32 heavy (non-hydrogen) atoms. The number of carbonyl (C=O) groups excluding carboxylic acids is 1. The van der Waals surface area contributed by atoms with Gasteiger partial charge >= 0.3 is 0 Å². The maximum atomic E-state index is 11.6. The standard InChI is InChI=1S/C24H32N2O5S/c1-4-30-23-7-5-6-19(15-23)17(2)25-21-11-8-20(14-21)18-9-12-22(13-10-18)31-16-24(27)26-32(3,28)29/h5-7,9-10,12-13,15,17,20-21,25H,4,8,11,14,16H2,1-3H3,(H,26,27)/t17-,20?,21-/m1/s1. The minimum absolute atomic E-state index is 0.244. The second-order valence-electron chi connectivity index (χ2n) is 8.26. The number of nitrogens with one attached hydrogen (secondary N) is 2. The third-order valence-corrected chi connectivity index (χ3v) is 6.21. The third-order valence-electron chi connectivity index (χ3n) is 5.61. The fourth-order valence-corrected chi connectivity index (χ4v) is 4.62. The molecule has 1 aliphatic carbocycles. The van der Waals surface area contributed by atoms with Crippen molar-refractivity contribution in [3.05, 3.63) is 59.7 Å². The van der Waals surface area contributed by atoms with Crippen molar-refractivity contribution >= 4 is 15.9 Å². The molecule has 1 saturated carbocycles. The summed E-state index contributed by atoms with van der Waals surface area (Å²) < 4.78 is 35.0. The normalized spacial score (nSPS) is 19.3. The molecule has 0 spiro atoms. The Morgan fingerprint density at radius 2 is 1.84 bits per heavy atom. The molecule has 7 nitrogen and oxygen atoms in total. The van der Waals surface area contributed by atoms with Crippen LogP contribution in [0.15, 0.2) is 48.5 Å². The molecule has 2 aromatic carbocycles. The molecule has 0 heterocycles. The Morgan fingerprint density at radius 3 is 2.53 bits per heavy atom. The molecule has 8 heteroatoms. The van der Waals surface area contributed by atoms with Gasteiger partial charge < -0.3 is 14.8 Å². The summed E-state index contributed by atoms with van der Waals surface area (Å²) in [5.41, 5.74) is 2.47. The molecule has 0 saturated heterocycles. The Bertz CT molecular complexity index is 1010. The van der Waals surface area contributed by atoms with Gasteiger partial charge in [0.1, 0.15) is 11.5 Å². The van der Waals surface area contributed by atoms with E-state index in [1.807, 2.05) is 48.0 Å². The van der Waals surface area contributed by atoms with E-state index in [0.717, 1.165) is 31.3 Å². The number of hydrogen-bond acceptors (Lipinski definition) is 6. The number of carbonyl (C=O) groups is 1. The van der Waals surface area contributed by atoms with Crippen LogP contribution in [0.25, 0.3) is 0 Å². The predicted molar refractivity (Wildman–Crippen MR) is 124 cm³/mol. The van der Waals surface area contributed by atoms with E-state index in [2.05, 4.69) is 24.4 Å². The molecular formula is C24H32N2O5S. The Balaban J connectivity index is 1.49. The summed E-state index contributed by atoms with van der Waals surface area (Å²) in [4.78, 5) is 11.6. The minimum atomic E-state index is -3.57. The zero-order valence-corrected chi connectivity index (χ0v) is 19.7. The smallest absolute Gasteiger partial charge is 0.271 e. The highest BCUT2D eigenvalue weighted by atomic mass is 32.2. The minimum Gasteiger partial charge on any atom is -0.494 e. The molecule has 1 fully saturated rings. The monoisotopic (exact) mass is 460 g/mol. The van der Waals surface area contributed by atoms with E-state index in [1.165, 1.54) is 11.1 Å². The summed E-state index contributed by atoms with van der Waals surface area (Å²) in [7, 11) is -3.57. The largest absolute Gasteiger partial charge is 0.494 e. The van der Waals surface area contributed by atoms with Crippen molar-refractivity contribution in [2.45, 2.75) is 51.1 Å². The third kappa shape index (κ3) is 7.24. The van der Waals surface area contributed by atoms with Crippen molar-refractivity contribution in [3.8, 4) is 11.5 Å². The van der Waals surface area contributed by atoms with E-state index in [1.54, 1.807) is 0 Å². The van der Waals surface area contributed by atoms with Gasteiger partial charge in [-0.05, 0) is 74.4 Å². The summed E-state index contributed by atoms with van der Waals surface area (Å²) in [6.45, 7) is 4.49. The van der Waals surface area contributed by atoms with Crippen molar-refractivity contribution < 1.29 is 22.7 Å². The van der Waals surface area contributed by atoms with Crippen molar-refractivity contribution in [2.75, 3.05) is 19.5 Å². The SMILES string of the molecule is CCOc1cccc([C@@H](C)N[C@@H]2CCC(c3ccc(OCC(=O)NS(C)(=O)=O)cc3)C2)c1. The molecule has 0 radical (unpaired) electrons.